The zero-order valence-corrected chi connectivity index (χ0v) is 28.0. The van der Waals surface area contributed by atoms with Crippen LogP contribution in [0.5, 0.6) is 0 Å². The second kappa shape index (κ2) is 12.5. The van der Waals surface area contributed by atoms with E-state index in [9.17, 15) is 2.74 Å². The molecule has 0 saturated heterocycles. The maximum atomic E-state index is 9.38. The molecular formula is C50H33NO. The van der Waals surface area contributed by atoms with Crippen LogP contribution in [0.15, 0.2) is 204 Å². The first-order valence-electron chi connectivity index (χ1n) is 19.9. The van der Waals surface area contributed by atoms with Crippen molar-refractivity contribution in [2.75, 3.05) is 4.90 Å². The molecule has 0 aliphatic rings. The Hall–Kier alpha value is -6.90. The molecule has 9 aromatic carbocycles. The third-order valence-corrected chi connectivity index (χ3v) is 9.95. The van der Waals surface area contributed by atoms with Crippen LogP contribution in [0.25, 0.3) is 76.9 Å². The molecule has 0 spiro atoms. The van der Waals surface area contributed by atoms with Gasteiger partial charge in [0, 0.05) is 33.1 Å². The second-order valence-corrected chi connectivity index (χ2v) is 12.9. The van der Waals surface area contributed by atoms with Gasteiger partial charge in [-0.1, -0.05) is 164 Å². The third kappa shape index (κ3) is 4.96. The van der Waals surface area contributed by atoms with Gasteiger partial charge < -0.3 is 9.32 Å². The number of rotatable bonds is 6. The fourth-order valence-corrected chi connectivity index (χ4v) is 7.59. The Kier molecular flexibility index (Phi) is 6.01. The molecule has 10 rings (SSSR count). The van der Waals surface area contributed by atoms with Crippen LogP contribution in [0.2, 0.25) is 0 Å². The van der Waals surface area contributed by atoms with Crippen LogP contribution in [-0.4, -0.2) is 0 Å². The minimum absolute atomic E-state index is 0.105. The van der Waals surface area contributed by atoms with Gasteiger partial charge in [-0.25, -0.2) is 0 Å². The van der Waals surface area contributed by atoms with Crippen LogP contribution in [0.1, 0.15) is 6.85 Å². The summed E-state index contributed by atoms with van der Waals surface area (Å²) in [6, 6.07) is 55.4. The van der Waals surface area contributed by atoms with Crippen molar-refractivity contribution >= 4 is 60.5 Å². The van der Waals surface area contributed by atoms with Crippen molar-refractivity contribution in [2.24, 2.45) is 0 Å². The van der Waals surface area contributed by atoms with E-state index in [1.165, 1.54) is 0 Å². The molecule has 0 unspecified atom stereocenters. The zero-order chi connectivity index (χ0) is 38.8. The molecule has 0 amide bonds. The molecule has 1 heterocycles. The summed E-state index contributed by atoms with van der Waals surface area (Å²) in [5.74, 6) is 0. The molecule has 0 radical (unpaired) electrons. The van der Waals surface area contributed by atoms with Gasteiger partial charge >= 0.3 is 0 Å². The van der Waals surface area contributed by atoms with Gasteiger partial charge in [-0.15, -0.1) is 0 Å². The molecule has 0 atom stereocenters. The van der Waals surface area contributed by atoms with E-state index in [1.807, 2.05) is 78.9 Å². The highest BCUT2D eigenvalue weighted by atomic mass is 16.3. The van der Waals surface area contributed by atoms with Gasteiger partial charge in [-0.05, 0) is 80.4 Å². The largest absolute Gasteiger partial charge is 0.455 e. The topological polar surface area (TPSA) is 16.4 Å². The first-order chi connectivity index (χ1) is 27.9. The quantitative estimate of drug-likeness (QED) is 0.164. The lowest BCUT2D eigenvalue weighted by atomic mass is 9.92. The molecule has 1 aromatic heterocycles. The molecule has 0 saturated carbocycles. The van der Waals surface area contributed by atoms with Crippen molar-refractivity contribution in [3.8, 4) is 33.4 Å². The highest BCUT2D eigenvalue weighted by Gasteiger charge is 2.25. The van der Waals surface area contributed by atoms with Crippen molar-refractivity contribution in [1.82, 2.24) is 0 Å². The Bertz CT molecular complexity index is 3050. The number of furan rings is 1. The number of nitrogens with zero attached hydrogens (tertiary/aromatic N) is 1. The van der Waals surface area contributed by atoms with E-state index in [-0.39, 0.29) is 17.6 Å². The third-order valence-electron chi connectivity index (χ3n) is 9.95. The van der Waals surface area contributed by atoms with Gasteiger partial charge in [-0.3, -0.25) is 0 Å². The van der Waals surface area contributed by atoms with Gasteiger partial charge in [0.25, 0.3) is 0 Å². The molecule has 2 heteroatoms. The van der Waals surface area contributed by atoms with E-state index in [2.05, 4.69) is 95.9 Å². The number of benzene rings is 9. The lowest BCUT2D eigenvalue weighted by molar-refractivity contribution is 0.673. The normalized spacial score (nSPS) is 12.8. The van der Waals surface area contributed by atoms with Crippen LogP contribution in [-0.2, 0) is 0 Å². The Labute approximate surface area is 309 Å². The number of fused-ring (bicyclic) bond motifs is 8. The van der Waals surface area contributed by atoms with E-state index in [1.54, 1.807) is 0 Å². The Balaban J connectivity index is 1.34. The molecule has 52 heavy (non-hydrogen) atoms. The fraction of sp³-hybridized carbons (Fsp3) is 0. The summed E-state index contributed by atoms with van der Waals surface area (Å²) in [4.78, 5) is 2.11. The maximum absolute atomic E-state index is 9.38. The first-order valence-corrected chi connectivity index (χ1v) is 17.4. The summed E-state index contributed by atoms with van der Waals surface area (Å²) in [6.07, 6.45) is 0. The molecule has 2 nitrogen and oxygen atoms in total. The second-order valence-electron chi connectivity index (χ2n) is 12.9. The van der Waals surface area contributed by atoms with Gasteiger partial charge in [-0.2, -0.15) is 0 Å². The first kappa shape index (κ1) is 25.1. The summed E-state index contributed by atoms with van der Waals surface area (Å²) in [6.45, 7) is 0. The monoisotopic (exact) mass is 668 g/mol. The molecule has 244 valence electrons. The Morgan fingerprint density at radius 2 is 0.865 bits per heavy atom. The maximum Gasteiger partial charge on any atom is 0.143 e. The Morgan fingerprint density at radius 1 is 0.385 bits per heavy atom. The minimum Gasteiger partial charge on any atom is -0.455 e. The van der Waals surface area contributed by atoms with Crippen molar-refractivity contribution in [3.63, 3.8) is 0 Å². The average molecular weight is 669 g/mol. The van der Waals surface area contributed by atoms with E-state index in [0.29, 0.717) is 27.8 Å². The number of hydrogen-bond donors (Lipinski definition) is 0. The summed E-state index contributed by atoms with van der Waals surface area (Å²) < 4.78 is 51.7. The van der Waals surface area contributed by atoms with Crippen LogP contribution in [0, 0.1) is 0 Å². The summed E-state index contributed by atoms with van der Waals surface area (Å²) in [5, 5.41) is 5.45. The van der Waals surface area contributed by atoms with E-state index in [4.69, 9.17) is 8.53 Å². The molecule has 0 N–H and O–H groups in total. The Morgan fingerprint density at radius 3 is 1.44 bits per heavy atom. The highest BCUT2D eigenvalue weighted by molar-refractivity contribution is 6.32. The summed E-state index contributed by atoms with van der Waals surface area (Å²) >= 11 is 0. The predicted molar refractivity (Wildman–Crippen MR) is 220 cm³/mol. The van der Waals surface area contributed by atoms with Crippen LogP contribution in [0.4, 0.5) is 17.1 Å². The van der Waals surface area contributed by atoms with Crippen LogP contribution in [0.3, 0.4) is 0 Å². The van der Waals surface area contributed by atoms with Crippen molar-refractivity contribution < 1.29 is 11.3 Å². The standard InChI is InChI=1S/C50H33NO/c1-4-14-34(15-5-1)36-24-28-39(29-25-36)51(40-30-26-37(27-31-40)35-16-6-2-7-17-35)45-32-33-46-49(47(45)38-18-8-3-9-19-38)48-43-22-12-10-20-41(43)42-21-11-13-23-44(42)50(48)52-46/h1-33H/i3D,8D,9D,18D,19D. The summed E-state index contributed by atoms with van der Waals surface area (Å²) in [7, 11) is 0. The van der Waals surface area contributed by atoms with Crippen LogP contribution < -0.4 is 4.90 Å². The smallest absolute Gasteiger partial charge is 0.143 e. The van der Waals surface area contributed by atoms with E-state index >= 15 is 0 Å². The van der Waals surface area contributed by atoms with Crippen molar-refractivity contribution in [2.45, 2.75) is 0 Å². The SMILES string of the molecule is [2H]c1c([2H])c([2H])c(-c2c(N(c3ccc(-c4ccccc4)cc3)c3ccc(-c4ccccc4)cc3)ccc3oc4c5ccccc5c5ccccc5c4c23)c([2H])c1[2H]. The molecule has 0 fully saturated rings. The van der Waals surface area contributed by atoms with Crippen LogP contribution >= 0.6 is 0 Å². The van der Waals surface area contributed by atoms with Gasteiger partial charge in [0.15, 0.2) is 0 Å². The van der Waals surface area contributed by atoms with Crippen molar-refractivity contribution in [1.29, 1.82) is 0 Å². The summed E-state index contributed by atoms with van der Waals surface area (Å²) in [5.41, 5.74) is 8.42. The lowest BCUT2D eigenvalue weighted by Gasteiger charge is -2.28. The van der Waals surface area contributed by atoms with Crippen molar-refractivity contribution in [3.05, 3.63) is 200 Å². The molecule has 10 aromatic rings. The number of anilines is 3. The van der Waals surface area contributed by atoms with Gasteiger partial charge in [0.1, 0.15) is 11.2 Å². The predicted octanol–water partition coefficient (Wildman–Crippen LogP) is 14.4. The van der Waals surface area contributed by atoms with Gasteiger partial charge in [0.05, 0.1) is 12.5 Å². The van der Waals surface area contributed by atoms with E-state index in [0.717, 1.165) is 60.6 Å². The highest BCUT2D eigenvalue weighted by Crippen LogP contribution is 2.50. The lowest BCUT2D eigenvalue weighted by Crippen LogP contribution is -2.11. The molecular weight excluding hydrogens is 631 g/mol. The molecule has 0 bridgehead atoms. The number of hydrogen-bond acceptors (Lipinski definition) is 2. The fourth-order valence-electron chi connectivity index (χ4n) is 7.59. The minimum atomic E-state index is -0.444. The van der Waals surface area contributed by atoms with E-state index < -0.39 is 18.1 Å². The molecule has 0 aliphatic carbocycles. The van der Waals surface area contributed by atoms with Gasteiger partial charge in [0.2, 0.25) is 0 Å². The zero-order valence-electron chi connectivity index (χ0n) is 33.0. The molecule has 0 aliphatic heterocycles. The average Bonchev–Trinajstić information content (AvgIpc) is 3.67.